The number of aromatic nitrogens is 1. The number of oxazole rings is 1. The van der Waals surface area contributed by atoms with E-state index in [-0.39, 0.29) is 5.75 Å². The second kappa shape index (κ2) is 4.13. The highest BCUT2D eigenvalue weighted by Crippen LogP contribution is 2.18. The molecule has 1 N–H and O–H groups in total. The topological polar surface area (TPSA) is 72.2 Å². The molecule has 1 heterocycles. The van der Waals surface area contributed by atoms with Crippen LogP contribution in [0.15, 0.2) is 29.0 Å². The molecule has 0 amide bonds. The molecule has 0 saturated heterocycles. The van der Waals surface area contributed by atoms with Crippen LogP contribution in [0.5, 0.6) is 0 Å². The predicted molar refractivity (Wildman–Crippen MR) is 61.7 cm³/mol. The lowest BCUT2D eigenvalue weighted by Crippen LogP contribution is -2.15. The van der Waals surface area contributed by atoms with Crippen molar-refractivity contribution in [2.24, 2.45) is 0 Å². The Labute approximate surface area is 93.5 Å². The molecule has 1 aromatic heterocycles. The quantitative estimate of drug-likeness (QED) is 0.886. The van der Waals surface area contributed by atoms with Gasteiger partial charge in [-0.25, -0.2) is 13.4 Å². The standard InChI is InChI=1S/C10H12N2O3S/c1-2-5-16(13,14)12-8-3-4-9-10(6-8)15-7-11-9/h3-4,6-7,12H,2,5H2,1H3. The second-order valence-corrected chi connectivity index (χ2v) is 5.30. The Morgan fingerprint density at radius 1 is 1.44 bits per heavy atom. The van der Waals surface area contributed by atoms with Crippen molar-refractivity contribution >= 4 is 26.8 Å². The van der Waals surface area contributed by atoms with E-state index in [1.54, 1.807) is 18.2 Å². The predicted octanol–water partition coefficient (Wildman–Crippen LogP) is 1.98. The van der Waals surface area contributed by atoms with Crippen LogP contribution in [0.2, 0.25) is 0 Å². The fourth-order valence-electron chi connectivity index (χ4n) is 1.42. The third-order valence-electron chi connectivity index (χ3n) is 2.08. The van der Waals surface area contributed by atoms with Crippen molar-refractivity contribution in [3.8, 4) is 0 Å². The first-order chi connectivity index (χ1) is 7.61. The molecule has 0 aliphatic heterocycles. The highest BCUT2D eigenvalue weighted by molar-refractivity contribution is 7.92. The number of rotatable bonds is 4. The van der Waals surface area contributed by atoms with Gasteiger partial charge in [0, 0.05) is 6.07 Å². The Kier molecular flexibility index (Phi) is 2.82. The van der Waals surface area contributed by atoms with Crippen molar-refractivity contribution in [2.45, 2.75) is 13.3 Å². The lowest BCUT2D eigenvalue weighted by atomic mass is 10.3. The summed E-state index contributed by atoms with van der Waals surface area (Å²) >= 11 is 0. The van der Waals surface area contributed by atoms with E-state index in [1.165, 1.54) is 6.39 Å². The van der Waals surface area contributed by atoms with E-state index in [0.29, 0.717) is 23.2 Å². The molecular weight excluding hydrogens is 228 g/mol. The maximum atomic E-state index is 11.5. The van der Waals surface area contributed by atoms with Crippen LogP contribution in [0.25, 0.3) is 11.1 Å². The number of benzene rings is 1. The first kappa shape index (κ1) is 10.9. The number of anilines is 1. The molecule has 0 saturated carbocycles. The summed E-state index contributed by atoms with van der Waals surface area (Å²) in [5.74, 6) is 0.113. The van der Waals surface area contributed by atoms with Crippen LogP contribution in [-0.2, 0) is 10.0 Å². The monoisotopic (exact) mass is 240 g/mol. The van der Waals surface area contributed by atoms with Gasteiger partial charge in [-0.3, -0.25) is 4.72 Å². The normalized spacial score (nSPS) is 11.8. The largest absolute Gasteiger partial charge is 0.443 e. The number of nitrogens with zero attached hydrogens (tertiary/aromatic N) is 1. The Morgan fingerprint density at radius 3 is 3.00 bits per heavy atom. The molecule has 0 radical (unpaired) electrons. The van der Waals surface area contributed by atoms with Crippen LogP contribution in [0.1, 0.15) is 13.3 Å². The molecule has 6 heteroatoms. The van der Waals surface area contributed by atoms with Gasteiger partial charge >= 0.3 is 0 Å². The molecule has 0 unspecified atom stereocenters. The summed E-state index contributed by atoms with van der Waals surface area (Å²) in [6, 6.07) is 5.00. The van der Waals surface area contributed by atoms with Gasteiger partial charge in [0.15, 0.2) is 12.0 Å². The van der Waals surface area contributed by atoms with E-state index >= 15 is 0 Å². The van der Waals surface area contributed by atoms with Crippen LogP contribution in [0, 0.1) is 0 Å². The summed E-state index contributed by atoms with van der Waals surface area (Å²) in [5, 5.41) is 0. The molecule has 5 nitrogen and oxygen atoms in total. The van der Waals surface area contributed by atoms with Crippen molar-refractivity contribution in [3.05, 3.63) is 24.6 Å². The molecule has 2 rings (SSSR count). The van der Waals surface area contributed by atoms with Crippen molar-refractivity contribution in [3.63, 3.8) is 0 Å². The van der Waals surface area contributed by atoms with E-state index in [9.17, 15) is 8.42 Å². The Bertz CT molecular complexity index is 589. The first-order valence-electron chi connectivity index (χ1n) is 4.94. The molecule has 16 heavy (non-hydrogen) atoms. The zero-order valence-electron chi connectivity index (χ0n) is 8.80. The number of sulfonamides is 1. The van der Waals surface area contributed by atoms with Crippen molar-refractivity contribution in [2.75, 3.05) is 10.5 Å². The minimum Gasteiger partial charge on any atom is -0.443 e. The third kappa shape index (κ3) is 2.33. The molecule has 0 aliphatic carbocycles. The van der Waals surface area contributed by atoms with Gasteiger partial charge in [-0.2, -0.15) is 0 Å². The minimum absolute atomic E-state index is 0.113. The van der Waals surface area contributed by atoms with Crippen LogP contribution in [-0.4, -0.2) is 19.2 Å². The minimum atomic E-state index is -3.25. The molecule has 0 aliphatic rings. The summed E-state index contributed by atoms with van der Waals surface area (Å²) in [4.78, 5) is 3.95. The van der Waals surface area contributed by atoms with Gasteiger partial charge in [0.05, 0.1) is 11.4 Å². The van der Waals surface area contributed by atoms with E-state index in [2.05, 4.69) is 9.71 Å². The summed E-state index contributed by atoms with van der Waals surface area (Å²) in [6.45, 7) is 1.82. The summed E-state index contributed by atoms with van der Waals surface area (Å²) < 4.78 is 30.6. The average molecular weight is 240 g/mol. The highest BCUT2D eigenvalue weighted by atomic mass is 32.2. The Hall–Kier alpha value is -1.56. The van der Waals surface area contributed by atoms with Gasteiger partial charge in [-0.05, 0) is 18.6 Å². The van der Waals surface area contributed by atoms with Crippen molar-refractivity contribution in [1.82, 2.24) is 4.98 Å². The van der Waals surface area contributed by atoms with Crippen LogP contribution < -0.4 is 4.72 Å². The van der Waals surface area contributed by atoms with Crippen LogP contribution >= 0.6 is 0 Å². The molecule has 2 aromatic rings. The second-order valence-electron chi connectivity index (χ2n) is 3.46. The lowest BCUT2D eigenvalue weighted by Gasteiger charge is -2.05. The van der Waals surface area contributed by atoms with Crippen molar-refractivity contribution in [1.29, 1.82) is 0 Å². The fourth-order valence-corrected chi connectivity index (χ4v) is 2.54. The molecule has 0 bridgehead atoms. The SMILES string of the molecule is CCCS(=O)(=O)Nc1ccc2ncoc2c1. The van der Waals surface area contributed by atoms with Gasteiger partial charge in [-0.1, -0.05) is 6.92 Å². The number of hydrogen-bond donors (Lipinski definition) is 1. The Balaban J connectivity index is 2.27. The smallest absolute Gasteiger partial charge is 0.232 e. The molecule has 86 valence electrons. The van der Waals surface area contributed by atoms with Gasteiger partial charge in [0.25, 0.3) is 0 Å². The fraction of sp³-hybridized carbons (Fsp3) is 0.300. The first-order valence-corrected chi connectivity index (χ1v) is 6.60. The van der Waals surface area contributed by atoms with Crippen LogP contribution in [0.3, 0.4) is 0 Å². The summed E-state index contributed by atoms with van der Waals surface area (Å²) in [5.41, 5.74) is 1.77. The zero-order chi connectivity index (χ0) is 11.6. The number of fused-ring (bicyclic) bond motifs is 1. The van der Waals surface area contributed by atoms with Crippen molar-refractivity contribution < 1.29 is 12.8 Å². The third-order valence-corrected chi connectivity index (χ3v) is 3.57. The van der Waals surface area contributed by atoms with Crippen LogP contribution in [0.4, 0.5) is 5.69 Å². The van der Waals surface area contributed by atoms with E-state index in [4.69, 9.17) is 4.42 Å². The summed E-state index contributed by atoms with van der Waals surface area (Å²) in [7, 11) is -3.25. The molecular formula is C10H12N2O3S. The van der Waals surface area contributed by atoms with Gasteiger partial charge in [0.2, 0.25) is 10.0 Å². The highest BCUT2D eigenvalue weighted by Gasteiger charge is 2.09. The molecule has 0 fully saturated rings. The van der Waals surface area contributed by atoms with E-state index in [0.717, 1.165) is 0 Å². The zero-order valence-corrected chi connectivity index (χ0v) is 9.62. The number of nitrogens with one attached hydrogen (secondary N) is 1. The summed E-state index contributed by atoms with van der Waals surface area (Å²) in [6.07, 6.45) is 1.91. The Morgan fingerprint density at radius 2 is 2.25 bits per heavy atom. The maximum Gasteiger partial charge on any atom is 0.232 e. The maximum absolute atomic E-state index is 11.5. The van der Waals surface area contributed by atoms with Gasteiger partial charge in [0.1, 0.15) is 5.52 Å². The van der Waals surface area contributed by atoms with E-state index < -0.39 is 10.0 Å². The lowest BCUT2D eigenvalue weighted by molar-refractivity contribution is 0.599. The number of hydrogen-bond acceptors (Lipinski definition) is 4. The molecule has 0 spiro atoms. The van der Waals surface area contributed by atoms with Gasteiger partial charge < -0.3 is 4.42 Å². The van der Waals surface area contributed by atoms with Gasteiger partial charge in [-0.15, -0.1) is 0 Å². The average Bonchev–Trinajstić information content (AvgIpc) is 2.63. The van der Waals surface area contributed by atoms with E-state index in [1.807, 2.05) is 6.92 Å². The molecule has 0 atom stereocenters. The molecule has 1 aromatic carbocycles.